The van der Waals surface area contributed by atoms with Crippen molar-refractivity contribution in [3.63, 3.8) is 0 Å². The molecule has 4 rings (SSSR count). The second-order valence-corrected chi connectivity index (χ2v) is 6.89. The third kappa shape index (κ3) is 4.25. The fourth-order valence-electron chi connectivity index (χ4n) is 3.23. The molecule has 0 radical (unpaired) electrons. The van der Waals surface area contributed by atoms with Gasteiger partial charge >= 0.3 is 0 Å². The van der Waals surface area contributed by atoms with E-state index in [-0.39, 0.29) is 5.91 Å². The van der Waals surface area contributed by atoms with Gasteiger partial charge in [0.25, 0.3) is 5.91 Å². The van der Waals surface area contributed by atoms with Crippen molar-refractivity contribution >= 4 is 28.7 Å². The van der Waals surface area contributed by atoms with E-state index in [4.69, 9.17) is 4.74 Å². The summed E-state index contributed by atoms with van der Waals surface area (Å²) in [6.45, 7) is 0.543. The van der Waals surface area contributed by atoms with Gasteiger partial charge in [-0.15, -0.1) is 0 Å². The molecule has 2 N–H and O–H groups in total. The molecule has 30 heavy (non-hydrogen) atoms. The van der Waals surface area contributed by atoms with Gasteiger partial charge in [0.2, 0.25) is 5.95 Å². The number of methoxy groups -OCH3 is 1. The Kier molecular flexibility index (Phi) is 5.61. The second kappa shape index (κ2) is 8.65. The predicted octanol–water partition coefficient (Wildman–Crippen LogP) is 3.69. The molecule has 0 fully saturated rings. The molecule has 0 saturated heterocycles. The van der Waals surface area contributed by atoms with Crippen molar-refractivity contribution in [2.24, 2.45) is 7.05 Å². The monoisotopic (exact) mass is 401 g/mol. The molecule has 0 bridgehead atoms. The minimum Gasteiger partial charge on any atom is -0.497 e. The molecule has 2 heterocycles. The molecule has 4 aromatic rings. The molecule has 0 aliphatic carbocycles. The van der Waals surface area contributed by atoms with Crippen LogP contribution in [0.25, 0.3) is 11.0 Å². The van der Waals surface area contributed by atoms with Gasteiger partial charge < -0.3 is 19.9 Å². The number of aromatic nitrogens is 3. The molecule has 0 aliphatic rings. The number of para-hydroxylation sites is 2. The van der Waals surface area contributed by atoms with E-state index in [1.807, 2.05) is 60.1 Å². The van der Waals surface area contributed by atoms with Gasteiger partial charge in [-0.05, 0) is 48.4 Å². The van der Waals surface area contributed by atoms with Crippen LogP contribution in [0, 0.1) is 0 Å². The maximum atomic E-state index is 12.5. The van der Waals surface area contributed by atoms with Crippen LogP contribution in [0.1, 0.15) is 15.9 Å². The first-order valence-corrected chi connectivity index (χ1v) is 9.70. The lowest BCUT2D eigenvalue weighted by atomic mass is 10.1. The number of carbonyl (C=O) groups excluding carboxylic acids is 1. The molecular formula is C23H23N5O2. The van der Waals surface area contributed by atoms with Crippen LogP contribution >= 0.6 is 0 Å². The number of anilines is 2. The third-order valence-electron chi connectivity index (χ3n) is 4.91. The molecule has 7 nitrogen and oxygen atoms in total. The average molecular weight is 401 g/mol. The fourth-order valence-corrected chi connectivity index (χ4v) is 3.23. The lowest BCUT2D eigenvalue weighted by Crippen LogP contribution is -2.25. The topological polar surface area (TPSA) is 81.1 Å². The summed E-state index contributed by atoms with van der Waals surface area (Å²) in [7, 11) is 3.58. The van der Waals surface area contributed by atoms with Gasteiger partial charge in [-0.3, -0.25) is 4.79 Å². The Bertz CT molecular complexity index is 1170. The van der Waals surface area contributed by atoms with Crippen molar-refractivity contribution in [1.29, 1.82) is 0 Å². The molecule has 152 valence electrons. The third-order valence-corrected chi connectivity index (χ3v) is 4.91. The first-order chi connectivity index (χ1) is 14.6. The maximum absolute atomic E-state index is 12.5. The molecule has 2 aromatic heterocycles. The van der Waals surface area contributed by atoms with Crippen LogP contribution in [-0.2, 0) is 13.5 Å². The number of aryl methyl sites for hydroxylation is 1. The summed E-state index contributed by atoms with van der Waals surface area (Å²) >= 11 is 0. The van der Waals surface area contributed by atoms with Crippen LogP contribution in [0.5, 0.6) is 5.75 Å². The Balaban J connectivity index is 1.39. The van der Waals surface area contributed by atoms with Crippen LogP contribution in [-0.4, -0.2) is 34.1 Å². The second-order valence-electron chi connectivity index (χ2n) is 6.89. The van der Waals surface area contributed by atoms with E-state index >= 15 is 0 Å². The highest BCUT2D eigenvalue weighted by Crippen LogP contribution is 2.20. The Labute approximate surface area is 174 Å². The molecule has 7 heteroatoms. The number of fused-ring (bicyclic) bond motifs is 1. The highest BCUT2D eigenvalue weighted by molar-refractivity contribution is 5.95. The van der Waals surface area contributed by atoms with Gasteiger partial charge in [0.15, 0.2) is 0 Å². The van der Waals surface area contributed by atoms with Crippen molar-refractivity contribution in [1.82, 2.24) is 19.9 Å². The first-order valence-electron chi connectivity index (χ1n) is 9.70. The number of amides is 1. The van der Waals surface area contributed by atoms with Crippen LogP contribution in [0.2, 0.25) is 0 Å². The molecule has 0 aliphatic heterocycles. The Morgan fingerprint density at radius 1 is 1.10 bits per heavy atom. The molecular weight excluding hydrogens is 378 g/mol. The van der Waals surface area contributed by atoms with E-state index in [9.17, 15) is 4.79 Å². The average Bonchev–Trinajstić information content (AvgIpc) is 3.10. The van der Waals surface area contributed by atoms with Crippen molar-refractivity contribution in [2.45, 2.75) is 6.42 Å². The number of nitrogens with zero attached hydrogens (tertiary/aromatic N) is 3. The number of benzene rings is 2. The normalized spacial score (nSPS) is 10.7. The summed E-state index contributed by atoms with van der Waals surface area (Å²) in [6, 6.07) is 19.1. The SMILES string of the molecule is COc1ccc(CCNC(=O)c2ccnc(Nc3nc4ccccc4n3C)c2)cc1. The standard InChI is InChI=1S/C23H23N5O2/c1-28-20-6-4-3-5-19(20)26-23(28)27-21-15-17(12-14-24-21)22(29)25-13-11-16-7-9-18(30-2)10-8-16/h3-10,12,14-15H,11,13H2,1-2H3,(H,25,29)(H,24,26,27). The van der Waals surface area contributed by atoms with Crippen molar-refractivity contribution in [3.8, 4) is 5.75 Å². The van der Waals surface area contributed by atoms with E-state index in [1.54, 1.807) is 25.4 Å². The number of imidazole rings is 1. The van der Waals surface area contributed by atoms with E-state index in [0.29, 0.717) is 23.9 Å². The predicted molar refractivity (Wildman–Crippen MR) is 117 cm³/mol. The van der Waals surface area contributed by atoms with Crippen LogP contribution < -0.4 is 15.4 Å². The zero-order valence-electron chi connectivity index (χ0n) is 16.9. The van der Waals surface area contributed by atoms with Gasteiger partial charge in [-0.1, -0.05) is 24.3 Å². The van der Waals surface area contributed by atoms with E-state index < -0.39 is 0 Å². The number of rotatable bonds is 7. The summed E-state index contributed by atoms with van der Waals surface area (Å²) in [4.78, 5) is 21.4. The van der Waals surface area contributed by atoms with Crippen LogP contribution in [0.15, 0.2) is 66.9 Å². The zero-order valence-corrected chi connectivity index (χ0v) is 16.9. The fraction of sp³-hybridized carbons (Fsp3) is 0.174. The minimum atomic E-state index is -0.140. The minimum absolute atomic E-state index is 0.140. The van der Waals surface area contributed by atoms with Gasteiger partial charge in [0.05, 0.1) is 18.1 Å². The zero-order chi connectivity index (χ0) is 20.9. The summed E-state index contributed by atoms with van der Waals surface area (Å²) in [6.07, 6.45) is 2.36. The largest absolute Gasteiger partial charge is 0.497 e. The highest BCUT2D eigenvalue weighted by Gasteiger charge is 2.10. The number of ether oxygens (including phenoxy) is 1. The lowest BCUT2D eigenvalue weighted by molar-refractivity contribution is 0.0954. The van der Waals surface area contributed by atoms with Gasteiger partial charge in [0, 0.05) is 25.4 Å². The van der Waals surface area contributed by atoms with E-state index in [0.717, 1.165) is 28.8 Å². The molecule has 1 amide bonds. The first kappa shape index (κ1) is 19.4. The molecule has 0 spiro atoms. The Morgan fingerprint density at radius 3 is 2.67 bits per heavy atom. The summed E-state index contributed by atoms with van der Waals surface area (Å²) in [5, 5.41) is 6.15. The smallest absolute Gasteiger partial charge is 0.251 e. The summed E-state index contributed by atoms with van der Waals surface area (Å²) in [5.41, 5.74) is 3.60. The number of nitrogens with one attached hydrogen (secondary N) is 2. The highest BCUT2D eigenvalue weighted by atomic mass is 16.5. The number of hydrogen-bond donors (Lipinski definition) is 2. The lowest BCUT2D eigenvalue weighted by Gasteiger charge is -2.09. The molecule has 0 atom stereocenters. The summed E-state index contributed by atoms with van der Waals surface area (Å²) < 4.78 is 7.12. The van der Waals surface area contributed by atoms with Crippen LogP contribution in [0.3, 0.4) is 0 Å². The van der Waals surface area contributed by atoms with Gasteiger partial charge in [0.1, 0.15) is 11.6 Å². The van der Waals surface area contributed by atoms with Crippen molar-refractivity contribution in [3.05, 3.63) is 78.0 Å². The Morgan fingerprint density at radius 2 is 1.90 bits per heavy atom. The Hall–Kier alpha value is -3.87. The van der Waals surface area contributed by atoms with Crippen molar-refractivity contribution < 1.29 is 9.53 Å². The maximum Gasteiger partial charge on any atom is 0.251 e. The van der Waals surface area contributed by atoms with Gasteiger partial charge in [-0.25, -0.2) is 9.97 Å². The number of carbonyl (C=O) groups is 1. The summed E-state index contributed by atoms with van der Waals surface area (Å²) in [5.74, 6) is 1.91. The van der Waals surface area contributed by atoms with E-state index in [2.05, 4.69) is 20.6 Å². The molecule has 0 saturated carbocycles. The number of hydrogen-bond acceptors (Lipinski definition) is 5. The van der Waals surface area contributed by atoms with E-state index in [1.165, 1.54) is 0 Å². The molecule has 2 aromatic carbocycles. The van der Waals surface area contributed by atoms with Gasteiger partial charge in [-0.2, -0.15) is 0 Å². The number of pyridine rings is 1. The van der Waals surface area contributed by atoms with Crippen molar-refractivity contribution in [2.75, 3.05) is 19.0 Å². The van der Waals surface area contributed by atoms with Crippen LogP contribution in [0.4, 0.5) is 11.8 Å². The molecule has 0 unspecified atom stereocenters. The quantitative estimate of drug-likeness (QED) is 0.494.